The highest BCUT2D eigenvalue weighted by Crippen LogP contribution is 2.49. The zero-order chi connectivity index (χ0) is 23.3. The van der Waals surface area contributed by atoms with E-state index in [4.69, 9.17) is 4.74 Å². The molecule has 2 aliphatic rings. The smallest absolute Gasteiger partial charge is 0.255 e. The number of carbonyl (C=O) groups excluding carboxylic acids is 1. The predicted octanol–water partition coefficient (Wildman–Crippen LogP) is 2.20. The summed E-state index contributed by atoms with van der Waals surface area (Å²) in [5.74, 6) is 1.18. The molecule has 0 N–H and O–H groups in total. The molecule has 1 amide bonds. The molecule has 3 atom stereocenters. The van der Waals surface area contributed by atoms with Crippen LogP contribution in [-0.2, 0) is 7.05 Å². The van der Waals surface area contributed by atoms with Gasteiger partial charge in [-0.2, -0.15) is 0 Å². The second kappa shape index (κ2) is 7.99. The summed E-state index contributed by atoms with van der Waals surface area (Å²) in [6.45, 7) is 1.28. The molecule has 1 unspecified atom stereocenters. The topological polar surface area (TPSA) is 80.6 Å². The van der Waals surface area contributed by atoms with E-state index in [0.29, 0.717) is 42.2 Å². The number of rotatable bonds is 5. The molecule has 1 aliphatic heterocycles. The van der Waals surface area contributed by atoms with E-state index >= 15 is 0 Å². The Morgan fingerprint density at radius 3 is 2.67 bits per heavy atom. The highest BCUT2D eigenvalue weighted by Gasteiger charge is 2.59. The Morgan fingerprint density at radius 2 is 1.97 bits per heavy atom. The molecule has 3 aromatic rings. The molecule has 1 saturated heterocycles. The van der Waals surface area contributed by atoms with Gasteiger partial charge in [-0.25, -0.2) is 9.37 Å². The molecule has 33 heavy (non-hydrogen) atoms. The maximum absolute atomic E-state index is 14.2. The molecule has 1 saturated carbocycles. The maximum Gasteiger partial charge on any atom is 0.255 e. The number of pyridine rings is 1. The number of hydrogen-bond donors (Lipinski definition) is 0. The molecular formula is C24H24FN5O3. The molecule has 1 aliphatic carbocycles. The molecule has 8 nitrogen and oxygen atoms in total. The number of benzene rings is 1. The van der Waals surface area contributed by atoms with Gasteiger partial charge in [0.05, 0.1) is 19.0 Å². The zero-order valence-corrected chi connectivity index (χ0v) is 18.6. The first kappa shape index (κ1) is 21.1. The van der Waals surface area contributed by atoms with E-state index in [0.717, 1.165) is 6.20 Å². The Bertz CT molecular complexity index is 1280. The summed E-state index contributed by atoms with van der Waals surface area (Å²) in [4.78, 5) is 37.7. The van der Waals surface area contributed by atoms with Crippen molar-refractivity contribution in [3.63, 3.8) is 0 Å². The van der Waals surface area contributed by atoms with E-state index < -0.39 is 5.82 Å². The fourth-order valence-electron chi connectivity index (χ4n) is 4.87. The average molecular weight is 449 g/mol. The first-order valence-corrected chi connectivity index (χ1v) is 10.7. The van der Waals surface area contributed by atoms with Gasteiger partial charge in [-0.05, 0) is 24.3 Å². The number of piperidine rings is 1. The van der Waals surface area contributed by atoms with Crippen LogP contribution in [0.1, 0.15) is 10.4 Å². The van der Waals surface area contributed by atoms with Gasteiger partial charge in [0, 0.05) is 68.5 Å². The lowest BCUT2D eigenvalue weighted by molar-refractivity contribution is 0.0772. The van der Waals surface area contributed by atoms with Crippen molar-refractivity contribution in [1.29, 1.82) is 0 Å². The van der Waals surface area contributed by atoms with Crippen molar-refractivity contribution in [3.8, 4) is 17.0 Å². The van der Waals surface area contributed by atoms with Crippen LogP contribution in [0.15, 0.2) is 53.6 Å². The number of nitrogens with zero attached hydrogens (tertiary/aromatic N) is 5. The van der Waals surface area contributed by atoms with Crippen molar-refractivity contribution in [2.75, 3.05) is 32.1 Å². The van der Waals surface area contributed by atoms with Crippen molar-refractivity contribution in [2.45, 2.75) is 6.04 Å². The SMILES string of the molecule is COc1cccc(C(=O)N2C[C@@H]3C(N(C)c4nc(-c5ccncc5F)cc(=O)n4C)[C@@H]3C2)c1. The van der Waals surface area contributed by atoms with Crippen molar-refractivity contribution in [2.24, 2.45) is 18.9 Å². The summed E-state index contributed by atoms with van der Waals surface area (Å²) in [6, 6.07) is 10.2. The number of fused-ring (bicyclic) bond motifs is 1. The van der Waals surface area contributed by atoms with E-state index in [-0.39, 0.29) is 28.8 Å². The number of ether oxygens (including phenoxy) is 1. The number of anilines is 1. The maximum atomic E-state index is 14.2. The van der Waals surface area contributed by atoms with Gasteiger partial charge in [-0.3, -0.25) is 19.1 Å². The fourth-order valence-corrected chi connectivity index (χ4v) is 4.87. The number of halogens is 1. The lowest BCUT2D eigenvalue weighted by atomic mass is 10.2. The predicted molar refractivity (Wildman–Crippen MR) is 121 cm³/mol. The first-order chi connectivity index (χ1) is 15.9. The number of carbonyl (C=O) groups is 1. The molecule has 2 aromatic heterocycles. The molecule has 0 bridgehead atoms. The summed E-state index contributed by atoms with van der Waals surface area (Å²) in [7, 11) is 5.13. The summed E-state index contributed by atoms with van der Waals surface area (Å²) in [6.07, 6.45) is 2.58. The summed E-state index contributed by atoms with van der Waals surface area (Å²) in [5.41, 5.74) is 0.860. The number of amides is 1. The minimum atomic E-state index is -0.526. The lowest BCUT2D eigenvalue weighted by Crippen LogP contribution is -2.38. The van der Waals surface area contributed by atoms with Gasteiger partial charge in [0.25, 0.3) is 11.5 Å². The Hall–Kier alpha value is -3.75. The summed E-state index contributed by atoms with van der Waals surface area (Å²) in [5, 5.41) is 0. The second-order valence-electron chi connectivity index (χ2n) is 8.57. The van der Waals surface area contributed by atoms with Crippen molar-refractivity contribution < 1.29 is 13.9 Å². The van der Waals surface area contributed by atoms with Gasteiger partial charge in [0.1, 0.15) is 5.75 Å². The van der Waals surface area contributed by atoms with Crippen LogP contribution in [0.4, 0.5) is 10.3 Å². The first-order valence-electron chi connectivity index (χ1n) is 10.7. The Balaban J connectivity index is 1.34. The van der Waals surface area contributed by atoms with E-state index in [1.807, 2.05) is 29.0 Å². The standard InChI is InChI=1S/C24H24FN5O3/c1-28-21(31)10-20(16-7-8-26-11-19(16)25)27-24(28)29(2)22-17-12-30(13-18(17)22)23(32)14-5-4-6-15(9-14)33-3/h4-11,17-18,22H,12-13H2,1-3H3/t17-,18+,22?. The number of likely N-dealkylation sites (tertiary alicyclic amines) is 1. The highest BCUT2D eigenvalue weighted by molar-refractivity contribution is 5.95. The van der Waals surface area contributed by atoms with Gasteiger partial charge in [-0.1, -0.05) is 6.07 Å². The molecule has 5 rings (SSSR count). The van der Waals surface area contributed by atoms with Gasteiger partial charge >= 0.3 is 0 Å². The summed E-state index contributed by atoms with van der Waals surface area (Å²) < 4.78 is 20.9. The van der Waals surface area contributed by atoms with E-state index in [1.54, 1.807) is 26.3 Å². The minimum Gasteiger partial charge on any atom is -0.497 e. The van der Waals surface area contributed by atoms with E-state index in [1.165, 1.54) is 22.9 Å². The Morgan fingerprint density at radius 1 is 1.21 bits per heavy atom. The monoisotopic (exact) mass is 449 g/mol. The fraction of sp³-hybridized carbons (Fsp3) is 0.333. The van der Waals surface area contributed by atoms with Crippen LogP contribution < -0.4 is 15.2 Å². The van der Waals surface area contributed by atoms with Crippen molar-refractivity contribution in [3.05, 3.63) is 70.5 Å². The second-order valence-corrected chi connectivity index (χ2v) is 8.57. The van der Waals surface area contributed by atoms with Crippen LogP contribution in [0.3, 0.4) is 0 Å². The van der Waals surface area contributed by atoms with Crippen LogP contribution in [0, 0.1) is 17.7 Å². The quantitative estimate of drug-likeness (QED) is 0.594. The lowest BCUT2D eigenvalue weighted by Gasteiger charge is -2.26. The molecular weight excluding hydrogens is 425 g/mol. The van der Waals surface area contributed by atoms with Crippen LogP contribution in [-0.4, -0.2) is 58.6 Å². The van der Waals surface area contributed by atoms with Crippen LogP contribution in [0.25, 0.3) is 11.3 Å². The normalized spacial score (nSPS) is 21.0. The van der Waals surface area contributed by atoms with Crippen molar-refractivity contribution in [1.82, 2.24) is 19.4 Å². The molecule has 2 fully saturated rings. The molecule has 1 aromatic carbocycles. The van der Waals surface area contributed by atoms with Gasteiger partial charge in [0.2, 0.25) is 5.95 Å². The van der Waals surface area contributed by atoms with E-state index in [2.05, 4.69) is 9.97 Å². The largest absolute Gasteiger partial charge is 0.497 e. The van der Waals surface area contributed by atoms with Gasteiger partial charge < -0.3 is 14.5 Å². The molecule has 170 valence electrons. The van der Waals surface area contributed by atoms with E-state index in [9.17, 15) is 14.0 Å². The highest BCUT2D eigenvalue weighted by atomic mass is 19.1. The molecule has 3 heterocycles. The van der Waals surface area contributed by atoms with Gasteiger partial charge in [-0.15, -0.1) is 0 Å². The van der Waals surface area contributed by atoms with Crippen molar-refractivity contribution >= 4 is 11.9 Å². The number of aromatic nitrogens is 3. The van der Waals surface area contributed by atoms with Crippen LogP contribution in [0.2, 0.25) is 0 Å². The zero-order valence-electron chi connectivity index (χ0n) is 18.6. The van der Waals surface area contributed by atoms with Gasteiger partial charge in [0.15, 0.2) is 5.82 Å². The molecule has 0 spiro atoms. The summed E-state index contributed by atoms with van der Waals surface area (Å²) >= 11 is 0. The Kier molecular flexibility index (Phi) is 5.11. The third kappa shape index (κ3) is 3.63. The van der Waals surface area contributed by atoms with Crippen LogP contribution in [0.5, 0.6) is 5.75 Å². The molecule has 9 heteroatoms. The number of methoxy groups -OCH3 is 1. The molecule has 0 radical (unpaired) electrons. The van der Waals surface area contributed by atoms with Crippen LogP contribution >= 0.6 is 0 Å². The number of hydrogen-bond acceptors (Lipinski definition) is 6. The Labute approximate surface area is 190 Å². The average Bonchev–Trinajstić information content (AvgIpc) is 3.33. The third-order valence-corrected chi connectivity index (χ3v) is 6.68. The minimum absolute atomic E-state index is 0.0109. The third-order valence-electron chi connectivity index (χ3n) is 6.68.